The van der Waals surface area contributed by atoms with Crippen molar-refractivity contribution in [2.45, 2.75) is 20.0 Å². The molecule has 0 aromatic carbocycles. The molecule has 0 fully saturated rings. The molecule has 0 aliphatic heterocycles. The quantitative estimate of drug-likeness (QED) is 0.763. The molecule has 72 valence electrons. The van der Waals surface area contributed by atoms with Crippen molar-refractivity contribution in [3.8, 4) is 0 Å². The molecule has 0 saturated heterocycles. The van der Waals surface area contributed by atoms with Gasteiger partial charge in [0.25, 0.3) is 0 Å². The van der Waals surface area contributed by atoms with Gasteiger partial charge in [-0.1, -0.05) is 0 Å². The van der Waals surface area contributed by atoms with Gasteiger partial charge in [-0.05, 0) is 25.5 Å². The van der Waals surface area contributed by atoms with Gasteiger partial charge in [0.1, 0.15) is 0 Å². The molecule has 0 amide bonds. The van der Waals surface area contributed by atoms with E-state index in [1.165, 1.54) is 5.56 Å². The summed E-state index contributed by atoms with van der Waals surface area (Å²) in [5.74, 6) is 0. The Morgan fingerprint density at radius 1 is 1.54 bits per heavy atom. The minimum atomic E-state index is -0.0342. The van der Waals surface area contributed by atoms with Gasteiger partial charge >= 0.3 is 0 Å². The zero-order valence-electron chi connectivity index (χ0n) is 8.37. The summed E-state index contributed by atoms with van der Waals surface area (Å²) in [4.78, 5) is 4.22. The SMILES string of the molecule is COC(CN)c1cnc(C)cc1C. The van der Waals surface area contributed by atoms with Gasteiger partial charge in [0.15, 0.2) is 0 Å². The minimum Gasteiger partial charge on any atom is -0.375 e. The molecule has 13 heavy (non-hydrogen) atoms. The summed E-state index contributed by atoms with van der Waals surface area (Å²) in [6, 6.07) is 2.04. The van der Waals surface area contributed by atoms with Crippen molar-refractivity contribution in [2.24, 2.45) is 5.73 Å². The standard InChI is InChI=1S/C10H16N2O/c1-7-4-8(2)12-6-9(7)10(5-11)13-3/h4,6,10H,5,11H2,1-3H3. The highest BCUT2D eigenvalue weighted by Crippen LogP contribution is 2.18. The van der Waals surface area contributed by atoms with E-state index in [0.717, 1.165) is 11.3 Å². The number of pyridine rings is 1. The molecule has 0 aliphatic carbocycles. The summed E-state index contributed by atoms with van der Waals surface area (Å²) in [6.07, 6.45) is 1.80. The van der Waals surface area contributed by atoms with E-state index in [1.807, 2.05) is 26.1 Å². The van der Waals surface area contributed by atoms with Gasteiger partial charge in [-0.15, -0.1) is 0 Å². The number of aromatic nitrogens is 1. The second-order valence-electron chi connectivity index (χ2n) is 3.14. The van der Waals surface area contributed by atoms with Crippen molar-refractivity contribution in [3.63, 3.8) is 0 Å². The largest absolute Gasteiger partial charge is 0.375 e. The predicted molar refractivity (Wildman–Crippen MR) is 52.5 cm³/mol. The first-order valence-corrected chi connectivity index (χ1v) is 4.35. The Morgan fingerprint density at radius 2 is 2.23 bits per heavy atom. The smallest absolute Gasteiger partial charge is 0.0960 e. The second kappa shape index (κ2) is 4.35. The van der Waals surface area contributed by atoms with Crippen LogP contribution in [-0.4, -0.2) is 18.6 Å². The van der Waals surface area contributed by atoms with E-state index in [1.54, 1.807) is 7.11 Å². The first-order chi connectivity index (χ1) is 6.19. The lowest BCUT2D eigenvalue weighted by Gasteiger charge is -2.15. The summed E-state index contributed by atoms with van der Waals surface area (Å²) in [5, 5.41) is 0. The van der Waals surface area contributed by atoms with Crippen LogP contribution in [0.3, 0.4) is 0 Å². The third kappa shape index (κ3) is 2.26. The molecule has 0 bridgehead atoms. The molecule has 3 heteroatoms. The Labute approximate surface area is 78.9 Å². The predicted octanol–water partition coefficient (Wildman–Crippen LogP) is 1.34. The summed E-state index contributed by atoms with van der Waals surface area (Å²) >= 11 is 0. The highest BCUT2D eigenvalue weighted by molar-refractivity contribution is 5.27. The number of rotatable bonds is 3. The van der Waals surface area contributed by atoms with E-state index in [0.29, 0.717) is 6.54 Å². The third-order valence-corrected chi connectivity index (χ3v) is 2.13. The van der Waals surface area contributed by atoms with Crippen LogP contribution in [0.15, 0.2) is 12.3 Å². The number of nitrogens with zero attached hydrogens (tertiary/aromatic N) is 1. The maximum absolute atomic E-state index is 5.57. The van der Waals surface area contributed by atoms with Gasteiger partial charge in [0.05, 0.1) is 6.10 Å². The maximum atomic E-state index is 5.57. The van der Waals surface area contributed by atoms with E-state index in [9.17, 15) is 0 Å². The van der Waals surface area contributed by atoms with E-state index in [2.05, 4.69) is 4.98 Å². The Hall–Kier alpha value is -0.930. The fourth-order valence-electron chi connectivity index (χ4n) is 1.39. The number of aryl methyl sites for hydroxylation is 2. The fraction of sp³-hybridized carbons (Fsp3) is 0.500. The van der Waals surface area contributed by atoms with E-state index in [4.69, 9.17) is 10.5 Å². The van der Waals surface area contributed by atoms with Crippen LogP contribution < -0.4 is 5.73 Å². The molecule has 0 spiro atoms. The first kappa shape index (κ1) is 10.2. The molecular formula is C10H16N2O. The van der Waals surface area contributed by atoms with Crippen molar-refractivity contribution >= 4 is 0 Å². The molecule has 1 unspecified atom stereocenters. The molecule has 1 rings (SSSR count). The molecule has 0 saturated carbocycles. The highest BCUT2D eigenvalue weighted by Gasteiger charge is 2.10. The minimum absolute atomic E-state index is 0.0342. The van der Waals surface area contributed by atoms with Gasteiger partial charge in [-0.25, -0.2) is 0 Å². The van der Waals surface area contributed by atoms with Gasteiger partial charge in [0, 0.05) is 31.1 Å². The molecular weight excluding hydrogens is 164 g/mol. The van der Waals surface area contributed by atoms with Crippen molar-refractivity contribution in [2.75, 3.05) is 13.7 Å². The molecule has 0 aliphatic rings. The van der Waals surface area contributed by atoms with Crippen molar-refractivity contribution < 1.29 is 4.74 Å². The van der Waals surface area contributed by atoms with Crippen LogP contribution in [0.5, 0.6) is 0 Å². The van der Waals surface area contributed by atoms with Crippen LogP contribution in [0.2, 0.25) is 0 Å². The summed E-state index contributed by atoms with van der Waals surface area (Å²) in [6.45, 7) is 4.51. The average Bonchev–Trinajstić information content (AvgIpc) is 2.10. The third-order valence-electron chi connectivity index (χ3n) is 2.13. The molecule has 2 N–H and O–H groups in total. The molecule has 1 aromatic heterocycles. The lowest BCUT2D eigenvalue weighted by atomic mass is 10.1. The molecule has 1 aromatic rings. The Kier molecular flexibility index (Phi) is 3.39. The average molecular weight is 180 g/mol. The maximum Gasteiger partial charge on any atom is 0.0960 e. The lowest BCUT2D eigenvalue weighted by molar-refractivity contribution is 0.109. The molecule has 1 atom stereocenters. The van der Waals surface area contributed by atoms with Crippen molar-refractivity contribution in [1.82, 2.24) is 4.98 Å². The number of nitrogens with two attached hydrogens (primary N) is 1. The van der Waals surface area contributed by atoms with Gasteiger partial charge < -0.3 is 10.5 Å². The Morgan fingerprint density at radius 3 is 2.69 bits per heavy atom. The van der Waals surface area contributed by atoms with E-state index < -0.39 is 0 Å². The van der Waals surface area contributed by atoms with Gasteiger partial charge in [-0.2, -0.15) is 0 Å². The Balaban J connectivity index is 2.99. The van der Waals surface area contributed by atoms with Crippen LogP contribution >= 0.6 is 0 Å². The van der Waals surface area contributed by atoms with Crippen LogP contribution in [0.1, 0.15) is 22.9 Å². The van der Waals surface area contributed by atoms with Gasteiger partial charge in [0.2, 0.25) is 0 Å². The van der Waals surface area contributed by atoms with Crippen molar-refractivity contribution in [1.29, 1.82) is 0 Å². The fourth-order valence-corrected chi connectivity index (χ4v) is 1.39. The van der Waals surface area contributed by atoms with Crippen molar-refractivity contribution in [3.05, 3.63) is 29.1 Å². The van der Waals surface area contributed by atoms with Crippen LogP contribution in [0.4, 0.5) is 0 Å². The number of hydrogen-bond acceptors (Lipinski definition) is 3. The highest BCUT2D eigenvalue weighted by atomic mass is 16.5. The van der Waals surface area contributed by atoms with Crippen LogP contribution in [-0.2, 0) is 4.74 Å². The number of ether oxygens (including phenoxy) is 1. The molecule has 1 heterocycles. The van der Waals surface area contributed by atoms with E-state index >= 15 is 0 Å². The normalized spacial score (nSPS) is 12.9. The Bertz CT molecular complexity index is 282. The summed E-state index contributed by atoms with van der Waals surface area (Å²) in [5.41, 5.74) is 8.86. The van der Waals surface area contributed by atoms with Gasteiger partial charge in [-0.3, -0.25) is 4.98 Å². The van der Waals surface area contributed by atoms with Crippen LogP contribution in [0, 0.1) is 13.8 Å². The summed E-state index contributed by atoms with van der Waals surface area (Å²) < 4.78 is 5.24. The number of methoxy groups -OCH3 is 1. The lowest BCUT2D eigenvalue weighted by Crippen LogP contribution is -2.15. The zero-order valence-corrected chi connectivity index (χ0v) is 8.37. The second-order valence-corrected chi connectivity index (χ2v) is 3.14. The molecule has 3 nitrogen and oxygen atoms in total. The summed E-state index contributed by atoms with van der Waals surface area (Å²) in [7, 11) is 1.66. The first-order valence-electron chi connectivity index (χ1n) is 4.35. The topological polar surface area (TPSA) is 48.1 Å². The monoisotopic (exact) mass is 180 g/mol. The molecule has 0 radical (unpaired) electrons. The zero-order chi connectivity index (χ0) is 9.84. The van der Waals surface area contributed by atoms with E-state index in [-0.39, 0.29) is 6.10 Å². The number of hydrogen-bond donors (Lipinski definition) is 1. The van der Waals surface area contributed by atoms with Crippen LogP contribution in [0.25, 0.3) is 0 Å².